The van der Waals surface area contributed by atoms with Gasteiger partial charge in [-0.2, -0.15) is 0 Å². The fourth-order valence-electron chi connectivity index (χ4n) is 1.27. The molecule has 0 bridgehead atoms. The minimum Gasteiger partial charge on any atom is -0.481 e. The van der Waals surface area contributed by atoms with Crippen LogP contribution in [0, 0.1) is 0 Å². The van der Waals surface area contributed by atoms with E-state index in [2.05, 4.69) is 10.3 Å². The lowest BCUT2D eigenvalue weighted by Gasteiger charge is -2.14. The number of amides is 1. The molecule has 1 amide bonds. The van der Waals surface area contributed by atoms with Gasteiger partial charge in [0.05, 0.1) is 6.54 Å². The van der Waals surface area contributed by atoms with E-state index in [1.165, 1.54) is 11.3 Å². The van der Waals surface area contributed by atoms with Crippen molar-refractivity contribution < 1.29 is 14.7 Å². The molecule has 1 heterocycles. The number of thiazole rings is 1. The van der Waals surface area contributed by atoms with Crippen LogP contribution in [0.15, 0.2) is 11.6 Å². The SMILES string of the molecule is CN(CCCC(=O)O)CC(=O)Nc1nccs1. The summed E-state index contributed by atoms with van der Waals surface area (Å²) in [7, 11) is 1.78. The number of carboxylic acids is 1. The second kappa shape index (κ2) is 6.97. The van der Waals surface area contributed by atoms with E-state index in [1.54, 1.807) is 23.5 Å². The molecule has 0 aliphatic carbocycles. The number of carbonyl (C=O) groups excluding carboxylic acids is 1. The quantitative estimate of drug-likeness (QED) is 0.757. The van der Waals surface area contributed by atoms with Gasteiger partial charge in [0.1, 0.15) is 0 Å². The average Bonchev–Trinajstić information content (AvgIpc) is 2.69. The number of nitrogens with zero attached hydrogens (tertiary/aromatic N) is 2. The number of hydrogen-bond donors (Lipinski definition) is 2. The van der Waals surface area contributed by atoms with Crippen molar-refractivity contribution >= 4 is 28.3 Å². The van der Waals surface area contributed by atoms with Gasteiger partial charge in [0.25, 0.3) is 0 Å². The van der Waals surface area contributed by atoms with Crippen LogP contribution in [0.5, 0.6) is 0 Å². The molecule has 1 aromatic heterocycles. The number of likely N-dealkylation sites (N-methyl/N-ethyl adjacent to an activating group) is 1. The van der Waals surface area contributed by atoms with Gasteiger partial charge in [-0.1, -0.05) is 0 Å². The Morgan fingerprint density at radius 3 is 2.94 bits per heavy atom. The zero-order chi connectivity index (χ0) is 12.7. The second-order valence-corrected chi connectivity index (χ2v) is 4.52. The largest absolute Gasteiger partial charge is 0.481 e. The Bertz CT molecular complexity index is 367. The van der Waals surface area contributed by atoms with Gasteiger partial charge in [-0.25, -0.2) is 4.98 Å². The Labute approximate surface area is 103 Å². The molecule has 2 N–H and O–H groups in total. The molecule has 17 heavy (non-hydrogen) atoms. The number of rotatable bonds is 7. The Morgan fingerprint density at radius 1 is 1.59 bits per heavy atom. The molecule has 1 rings (SSSR count). The van der Waals surface area contributed by atoms with E-state index >= 15 is 0 Å². The third-order valence-electron chi connectivity index (χ3n) is 2.02. The van der Waals surface area contributed by atoms with Crippen molar-refractivity contribution in [3.05, 3.63) is 11.6 Å². The lowest BCUT2D eigenvalue weighted by Crippen LogP contribution is -2.31. The van der Waals surface area contributed by atoms with Crippen molar-refractivity contribution in [2.24, 2.45) is 0 Å². The van der Waals surface area contributed by atoms with Crippen molar-refractivity contribution in [1.29, 1.82) is 0 Å². The van der Waals surface area contributed by atoms with Crippen LogP contribution in [0.25, 0.3) is 0 Å². The molecular formula is C10H15N3O3S. The zero-order valence-electron chi connectivity index (χ0n) is 9.55. The summed E-state index contributed by atoms with van der Waals surface area (Å²) in [6.45, 7) is 0.816. The number of aromatic nitrogens is 1. The molecule has 0 aliphatic rings. The van der Waals surface area contributed by atoms with E-state index in [9.17, 15) is 9.59 Å². The van der Waals surface area contributed by atoms with Crippen molar-refractivity contribution in [3.8, 4) is 0 Å². The summed E-state index contributed by atoms with van der Waals surface area (Å²) in [5.41, 5.74) is 0. The van der Waals surface area contributed by atoms with Gasteiger partial charge < -0.3 is 10.4 Å². The van der Waals surface area contributed by atoms with Gasteiger partial charge in [0.2, 0.25) is 5.91 Å². The number of nitrogens with one attached hydrogen (secondary N) is 1. The van der Waals surface area contributed by atoms with Crippen LogP contribution < -0.4 is 5.32 Å². The second-order valence-electron chi connectivity index (χ2n) is 3.62. The molecule has 0 aromatic carbocycles. The van der Waals surface area contributed by atoms with Crippen LogP contribution in [0.3, 0.4) is 0 Å². The first-order valence-corrected chi connectivity index (χ1v) is 6.05. The maximum atomic E-state index is 11.5. The molecule has 0 saturated carbocycles. The first-order valence-electron chi connectivity index (χ1n) is 5.17. The summed E-state index contributed by atoms with van der Waals surface area (Å²) in [5, 5.41) is 13.5. The van der Waals surface area contributed by atoms with E-state index in [4.69, 9.17) is 5.11 Å². The highest BCUT2D eigenvalue weighted by atomic mass is 32.1. The van der Waals surface area contributed by atoms with E-state index in [0.29, 0.717) is 18.1 Å². The predicted octanol–water partition coefficient (Wildman–Crippen LogP) is 0.878. The fourth-order valence-corrected chi connectivity index (χ4v) is 1.81. The van der Waals surface area contributed by atoms with Crippen molar-refractivity contribution in [2.75, 3.05) is 25.5 Å². The summed E-state index contributed by atoms with van der Waals surface area (Å²) >= 11 is 1.36. The van der Waals surface area contributed by atoms with E-state index < -0.39 is 5.97 Å². The predicted molar refractivity (Wildman–Crippen MR) is 65.1 cm³/mol. The Morgan fingerprint density at radius 2 is 2.35 bits per heavy atom. The molecule has 0 atom stereocenters. The molecule has 0 unspecified atom stereocenters. The third-order valence-corrected chi connectivity index (χ3v) is 2.71. The van der Waals surface area contributed by atoms with Crippen molar-refractivity contribution in [1.82, 2.24) is 9.88 Å². The highest BCUT2D eigenvalue weighted by molar-refractivity contribution is 7.13. The molecule has 94 valence electrons. The fraction of sp³-hybridized carbons (Fsp3) is 0.500. The van der Waals surface area contributed by atoms with Gasteiger partial charge in [-0.3, -0.25) is 14.5 Å². The topological polar surface area (TPSA) is 82.5 Å². The number of aliphatic carboxylic acids is 1. The minimum atomic E-state index is -0.814. The van der Waals surface area contributed by atoms with Gasteiger partial charge in [0.15, 0.2) is 5.13 Å². The molecule has 0 spiro atoms. The smallest absolute Gasteiger partial charge is 0.303 e. The van der Waals surface area contributed by atoms with Gasteiger partial charge in [-0.05, 0) is 20.0 Å². The van der Waals surface area contributed by atoms with E-state index in [0.717, 1.165) is 0 Å². The van der Waals surface area contributed by atoms with Crippen molar-refractivity contribution in [2.45, 2.75) is 12.8 Å². The first kappa shape index (κ1) is 13.6. The molecule has 6 nitrogen and oxygen atoms in total. The molecule has 0 saturated heterocycles. The number of carbonyl (C=O) groups is 2. The highest BCUT2D eigenvalue weighted by Crippen LogP contribution is 2.09. The Kier molecular flexibility index (Phi) is 5.58. The van der Waals surface area contributed by atoms with Crippen LogP contribution in [-0.2, 0) is 9.59 Å². The van der Waals surface area contributed by atoms with Crippen molar-refractivity contribution in [3.63, 3.8) is 0 Å². The van der Waals surface area contributed by atoms with Gasteiger partial charge in [0, 0.05) is 18.0 Å². The molecule has 0 radical (unpaired) electrons. The van der Waals surface area contributed by atoms with Crippen LogP contribution >= 0.6 is 11.3 Å². The summed E-state index contributed by atoms with van der Waals surface area (Å²) < 4.78 is 0. The van der Waals surface area contributed by atoms with Gasteiger partial charge >= 0.3 is 5.97 Å². The molecule has 1 aromatic rings. The standard InChI is InChI=1S/C10H15N3O3S/c1-13(5-2-3-9(15)16)7-8(14)12-10-11-4-6-17-10/h4,6H,2-3,5,7H2,1H3,(H,15,16)(H,11,12,14). The lowest BCUT2D eigenvalue weighted by molar-refractivity contribution is -0.137. The summed E-state index contributed by atoms with van der Waals surface area (Å²) in [6, 6.07) is 0. The van der Waals surface area contributed by atoms with Crippen LogP contribution in [0.4, 0.5) is 5.13 Å². The number of hydrogen-bond acceptors (Lipinski definition) is 5. The van der Waals surface area contributed by atoms with E-state index in [1.807, 2.05) is 0 Å². The summed E-state index contributed by atoms with van der Waals surface area (Å²) in [6.07, 6.45) is 2.28. The molecule has 0 fully saturated rings. The Balaban J connectivity index is 2.19. The normalized spacial score (nSPS) is 10.5. The maximum Gasteiger partial charge on any atom is 0.303 e. The van der Waals surface area contributed by atoms with Crippen LogP contribution in [0.1, 0.15) is 12.8 Å². The van der Waals surface area contributed by atoms with Crippen LogP contribution in [0.2, 0.25) is 0 Å². The first-order chi connectivity index (χ1) is 8.08. The number of anilines is 1. The van der Waals surface area contributed by atoms with Gasteiger partial charge in [-0.15, -0.1) is 11.3 Å². The molecule has 0 aliphatic heterocycles. The average molecular weight is 257 g/mol. The third kappa shape index (κ3) is 5.98. The Hall–Kier alpha value is -1.47. The maximum absolute atomic E-state index is 11.5. The summed E-state index contributed by atoms with van der Waals surface area (Å²) in [4.78, 5) is 27.5. The minimum absolute atomic E-state index is 0.123. The highest BCUT2D eigenvalue weighted by Gasteiger charge is 2.08. The van der Waals surface area contributed by atoms with E-state index in [-0.39, 0.29) is 18.9 Å². The molecular weight excluding hydrogens is 242 g/mol. The molecule has 7 heteroatoms. The van der Waals surface area contributed by atoms with Crippen LogP contribution in [-0.4, -0.2) is 47.0 Å². The lowest BCUT2D eigenvalue weighted by atomic mass is 10.3. The summed E-state index contributed by atoms with van der Waals surface area (Å²) in [5.74, 6) is -0.955. The number of carboxylic acid groups (broad SMARTS) is 1. The zero-order valence-corrected chi connectivity index (χ0v) is 10.4. The monoisotopic (exact) mass is 257 g/mol.